The molecule has 0 atom stereocenters. The second-order valence-electron chi connectivity index (χ2n) is 14.2. The molecule has 1 nitrogen and oxygen atoms in total. The van der Waals surface area contributed by atoms with Gasteiger partial charge in [-0.3, -0.25) is 0 Å². The van der Waals surface area contributed by atoms with E-state index in [1.54, 1.807) is 0 Å². The van der Waals surface area contributed by atoms with Gasteiger partial charge >= 0.3 is 0 Å². The van der Waals surface area contributed by atoms with Crippen molar-refractivity contribution >= 4 is 0 Å². The molecule has 1 N–H and O–H groups in total. The molecule has 0 aliphatic rings. The van der Waals surface area contributed by atoms with Crippen LogP contribution >= 0.6 is 0 Å². The first-order valence-corrected chi connectivity index (χ1v) is 18.4. The minimum atomic E-state index is 0.150. The van der Waals surface area contributed by atoms with Gasteiger partial charge in [-0.2, -0.15) is 0 Å². The minimum Gasteiger partial charge on any atom is -0.392 e. The first-order valence-electron chi connectivity index (χ1n) is 18.4. The molecule has 0 heterocycles. The molecule has 0 aromatic heterocycles. The number of hydrogen-bond acceptors (Lipinski definition) is 1. The van der Waals surface area contributed by atoms with E-state index in [1.165, 1.54) is 95.1 Å². The number of aliphatic hydroxyl groups excluding tert-OH is 1. The van der Waals surface area contributed by atoms with Crippen LogP contribution in [-0.4, -0.2) is 11.7 Å². The van der Waals surface area contributed by atoms with Gasteiger partial charge in [0.25, 0.3) is 0 Å². The fourth-order valence-electron chi connectivity index (χ4n) is 5.38. The molecule has 260 valence electrons. The van der Waals surface area contributed by atoms with Gasteiger partial charge in [-0.25, -0.2) is 0 Å². The lowest BCUT2D eigenvalue weighted by Crippen LogP contribution is -1.84. The first kappa shape index (κ1) is 43.6. The van der Waals surface area contributed by atoms with Crippen LogP contribution in [0.4, 0.5) is 0 Å². The van der Waals surface area contributed by atoms with Gasteiger partial charge in [0.15, 0.2) is 0 Å². The summed E-state index contributed by atoms with van der Waals surface area (Å²) in [5.74, 6) is 0. The number of hydrogen-bond donors (Lipinski definition) is 1. The topological polar surface area (TPSA) is 20.2 Å². The van der Waals surface area contributed by atoms with Gasteiger partial charge < -0.3 is 5.11 Å². The molecule has 0 fully saturated rings. The Morgan fingerprint density at radius 1 is 0.283 bits per heavy atom. The Hall–Kier alpha value is -2.38. The van der Waals surface area contributed by atoms with Gasteiger partial charge in [0.2, 0.25) is 0 Å². The number of rotatable bonds is 25. The van der Waals surface area contributed by atoms with Crippen LogP contribution in [0, 0.1) is 0 Å². The summed E-state index contributed by atoms with van der Waals surface area (Å²) in [7, 11) is 0. The maximum absolute atomic E-state index is 8.96. The lowest BCUT2D eigenvalue weighted by Gasteiger charge is -2.04. The summed E-state index contributed by atoms with van der Waals surface area (Å²) in [5, 5.41) is 8.96. The van der Waals surface area contributed by atoms with Crippen molar-refractivity contribution in [2.24, 2.45) is 0 Å². The molecule has 0 aromatic rings. The zero-order chi connectivity index (χ0) is 34.6. The molecule has 0 spiro atoms. The molecule has 0 saturated carbocycles. The van der Waals surface area contributed by atoms with Crippen LogP contribution < -0.4 is 0 Å². The summed E-state index contributed by atoms with van der Waals surface area (Å²) < 4.78 is 0. The summed E-state index contributed by atoms with van der Waals surface area (Å²) in [4.78, 5) is 0. The van der Waals surface area contributed by atoms with E-state index in [1.807, 2.05) is 6.08 Å². The lowest BCUT2D eigenvalue weighted by molar-refractivity contribution is 0.341. The van der Waals surface area contributed by atoms with Gasteiger partial charge in [-0.15, -0.1) is 0 Å². The van der Waals surface area contributed by atoms with Crippen molar-refractivity contribution in [3.05, 3.63) is 105 Å². The van der Waals surface area contributed by atoms with E-state index in [-0.39, 0.29) is 6.61 Å². The molecule has 0 amide bonds. The molecule has 0 unspecified atom stereocenters. The highest BCUT2D eigenvalue weighted by atomic mass is 16.2. The summed E-state index contributed by atoms with van der Waals surface area (Å²) in [6.07, 6.45) is 39.7. The molecule has 1 heteroatoms. The van der Waals surface area contributed by atoms with Crippen LogP contribution in [0.1, 0.15) is 172 Å². The van der Waals surface area contributed by atoms with Crippen molar-refractivity contribution in [1.29, 1.82) is 0 Å². The van der Waals surface area contributed by atoms with E-state index >= 15 is 0 Å². The van der Waals surface area contributed by atoms with Crippen molar-refractivity contribution in [2.45, 2.75) is 172 Å². The van der Waals surface area contributed by atoms with Gasteiger partial charge in [-0.05, 0) is 172 Å². The molecule has 46 heavy (non-hydrogen) atoms. The van der Waals surface area contributed by atoms with Crippen LogP contribution in [0.25, 0.3) is 0 Å². The summed E-state index contributed by atoms with van der Waals surface area (Å²) in [5.41, 5.74) is 13.3. The molecule has 0 rings (SSSR count). The maximum Gasteiger partial charge on any atom is 0.0614 e. The predicted molar refractivity (Wildman–Crippen MR) is 210 cm³/mol. The third-order valence-electron chi connectivity index (χ3n) is 8.75. The molecule has 0 radical (unpaired) electrons. The van der Waals surface area contributed by atoms with Crippen LogP contribution in [0.3, 0.4) is 0 Å². The molecule has 0 bridgehead atoms. The van der Waals surface area contributed by atoms with E-state index in [4.69, 9.17) is 5.11 Å². The standard InChI is InChI=1S/C45H74O/c1-37(2)19-11-20-38(3)21-12-22-39(4)23-13-24-40(5)25-14-26-41(6)27-15-28-42(7)29-16-30-43(8)31-17-32-44(9)33-18-34-45(10)35-36-46/h19,21,23,25,27,29,31,33,35,46H,11-18,20,22,24,26,28,30,32,34,36H2,1-10H3/b38-21-,39-23+,40-25-,41-27-,42-29-,43-31-,44-33-,45-35-. The third kappa shape index (κ3) is 29.1. The average Bonchev–Trinajstić information content (AvgIpc) is 2.97. The summed E-state index contributed by atoms with van der Waals surface area (Å²) in [6, 6.07) is 0. The van der Waals surface area contributed by atoms with E-state index in [2.05, 4.69) is 118 Å². The fraction of sp³-hybridized carbons (Fsp3) is 0.600. The van der Waals surface area contributed by atoms with Gasteiger partial charge in [0, 0.05) is 0 Å². The van der Waals surface area contributed by atoms with Crippen LogP contribution in [-0.2, 0) is 0 Å². The molecule has 0 aliphatic heterocycles. The van der Waals surface area contributed by atoms with E-state index in [9.17, 15) is 0 Å². The second-order valence-corrected chi connectivity index (χ2v) is 14.2. The van der Waals surface area contributed by atoms with Crippen molar-refractivity contribution in [3.63, 3.8) is 0 Å². The average molecular weight is 631 g/mol. The Morgan fingerprint density at radius 3 is 0.630 bits per heavy atom. The smallest absolute Gasteiger partial charge is 0.0614 e. The van der Waals surface area contributed by atoms with E-state index < -0.39 is 0 Å². The largest absolute Gasteiger partial charge is 0.392 e. The van der Waals surface area contributed by atoms with E-state index in [0.717, 1.165) is 57.8 Å². The molecular weight excluding hydrogens is 556 g/mol. The third-order valence-corrected chi connectivity index (χ3v) is 8.75. The quantitative estimate of drug-likeness (QED) is 0.0995. The van der Waals surface area contributed by atoms with Crippen molar-refractivity contribution in [3.8, 4) is 0 Å². The Balaban J connectivity index is 4.21. The van der Waals surface area contributed by atoms with Crippen LogP contribution in [0.5, 0.6) is 0 Å². The zero-order valence-corrected chi connectivity index (χ0v) is 32.2. The lowest BCUT2D eigenvalue weighted by atomic mass is 10.0. The Labute approximate surface area is 287 Å². The Bertz CT molecular complexity index is 1100. The minimum absolute atomic E-state index is 0.150. The van der Waals surface area contributed by atoms with Gasteiger partial charge in [-0.1, -0.05) is 105 Å². The molecule has 0 saturated heterocycles. The summed E-state index contributed by atoms with van der Waals surface area (Å²) >= 11 is 0. The second kappa shape index (κ2) is 28.8. The monoisotopic (exact) mass is 631 g/mol. The highest BCUT2D eigenvalue weighted by Gasteiger charge is 1.97. The molecule has 0 aromatic carbocycles. The predicted octanol–water partition coefficient (Wildman–Crippen LogP) is 14.8. The maximum atomic E-state index is 8.96. The van der Waals surface area contributed by atoms with E-state index in [0.29, 0.717) is 0 Å². The van der Waals surface area contributed by atoms with Crippen LogP contribution in [0.2, 0.25) is 0 Å². The number of allylic oxidation sites excluding steroid dienone is 17. The SMILES string of the molecule is CC(C)=CCC/C(C)=C\CC/C(C)=C/CC/C(C)=C\CC/C(C)=C\CC/C(C)=C\CC/C(C)=C\CC/C(C)=C\CC/C(C)=C\CO. The highest BCUT2D eigenvalue weighted by Crippen LogP contribution is 2.17. The molecular formula is C45H74O. The highest BCUT2D eigenvalue weighted by molar-refractivity contribution is 5.10. The summed E-state index contributed by atoms with van der Waals surface area (Å²) in [6.45, 7) is 22.6. The normalized spacial score (nSPS) is 14.8. The van der Waals surface area contributed by atoms with Gasteiger partial charge in [0.1, 0.15) is 0 Å². The number of aliphatic hydroxyl groups is 1. The Kier molecular flexibility index (Phi) is 27.3. The molecule has 0 aliphatic carbocycles. The fourth-order valence-corrected chi connectivity index (χ4v) is 5.38. The zero-order valence-electron chi connectivity index (χ0n) is 32.2. The van der Waals surface area contributed by atoms with Crippen LogP contribution in [0.15, 0.2) is 105 Å². The van der Waals surface area contributed by atoms with Crippen molar-refractivity contribution in [2.75, 3.05) is 6.61 Å². The van der Waals surface area contributed by atoms with Crippen molar-refractivity contribution in [1.82, 2.24) is 0 Å². The first-order chi connectivity index (χ1) is 21.9. The van der Waals surface area contributed by atoms with Gasteiger partial charge in [0.05, 0.1) is 6.61 Å². The van der Waals surface area contributed by atoms with Crippen molar-refractivity contribution < 1.29 is 5.11 Å². The Morgan fingerprint density at radius 2 is 0.457 bits per heavy atom.